The number of likely N-dealkylation sites (tertiary alicyclic amines) is 1. The van der Waals surface area contributed by atoms with Crippen molar-refractivity contribution >= 4 is 56.8 Å². The van der Waals surface area contributed by atoms with Gasteiger partial charge in [0.1, 0.15) is 11.8 Å². The summed E-state index contributed by atoms with van der Waals surface area (Å²) in [4.78, 5) is 50.1. The van der Waals surface area contributed by atoms with Crippen LogP contribution in [0, 0.1) is 31.6 Å². The van der Waals surface area contributed by atoms with Gasteiger partial charge >= 0.3 is 0 Å². The molecular formula is C38H48BrN3O5S. The highest BCUT2D eigenvalue weighted by molar-refractivity contribution is 9.09. The van der Waals surface area contributed by atoms with Gasteiger partial charge in [0, 0.05) is 34.5 Å². The third-order valence-electron chi connectivity index (χ3n) is 10.4. The molecule has 0 radical (unpaired) electrons. The molecule has 3 saturated heterocycles. The van der Waals surface area contributed by atoms with Crippen LogP contribution in [0.3, 0.4) is 0 Å². The van der Waals surface area contributed by atoms with Gasteiger partial charge < -0.3 is 24.5 Å². The number of aliphatic hydroxyl groups is 1. The number of aryl methyl sites for hydroxylation is 2. The van der Waals surface area contributed by atoms with Crippen molar-refractivity contribution < 1.29 is 24.2 Å². The molecule has 2 bridgehead atoms. The molecule has 3 heterocycles. The van der Waals surface area contributed by atoms with Crippen molar-refractivity contribution in [2.45, 2.75) is 74.4 Å². The molecule has 0 saturated carbocycles. The minimum Gasteiger partial charge on any atom is -0.494 e. The topological polar surface area (TPSA) is 90.4 Å². The first-order valence-electron chi connectivity index (χ1n) is 16.9. The van der Waals surface area contributed by atoms with E-state index >= 15 is 9.59 Å². The molecule has 1 spiro atoms. The molecule has 3 aliphatic rings. The zero-order chi connectivity index (χ0) is 34.9. The van der Waals surface area contributed by atoms with Gasteiger partial charge in [0.2, 0.25) is 11.8 Å². The van der Waals surface area contributed by atoms with Crippen molar-refractivity contribution in [3.8, 4) is 5.75 Å². The predicted octanol–water partition coefficient (Wildman–Crippen LogP) is 6.31. The molecular weight excluding hydrogens is 690 g/mol. The summed E-state index contributed by atoms with van der Waals surface area (Å²) in [5.41, 5.74) is 3.38. The number of fused-ring (bicyclic) bond motifs is 1. The van der Waals surface area contributed by atoms with Crippen LogP contribution < -0.4 is 14.5 Å². The summed E-state index contributed by atoms with van der Waals surface area (Å²) in [7, 11) is 0. The largest absolute Gasteiger partial charge is 0.494 e. The average molecular weight is 739 g/mol. The number of ether oxygens (including phenoxy) is 1. The molecule has 0 aromatic heterocycles. The van der Waals surface area contributed by atoms with Gasteiger partial charge in [-0.05, 0) is 68.5 Å². The maximum atomic E-state index is 15.2. The Balaban J connectivity index is 1.64. The Morgan fingerprint density at radius 2 is 1.71 bits per heavy atom. The summed E-state index contributed by atoms with van der Waals surface area (Å²) in [5, 5.41) is 10.6. The Morgan fingerprint density at radius 3 is 2.27 bits per heavy atom. The Morgan fingerprint density at radius 1 is 1.08 bits per heavy atom. The van der Waals surface area contributed by atoms with E-state index in [4.69, 9.17) is 4.74 Å². The molecule has 258 valence electrons. The zero-order valence-electron chi connectivity index (χ0n) is 28.6. The van der Waals surface area contributed by atoms with Crippen molar-refractivity contribution in [1.82, 2.24) is 4.90 Å². The Labute approximate surface area is 297 Å². The number of carbonyl (C=O) groups is 3. The minimum atomic E-state index is -0.883. The summed E-state index contributed by atoms with van der Waals surface area (Å²) in [6, 6.07) is 11.8. The number of carbonyl (C=O) groups excluding carboxylic acids is 3. The summed E-state index contributed by atoms with van der Waals surface area (Å²) in [6.45, 7) is 18.6. The monoisotopic (exact) mass is 737 g/mol. The van der Waals surface area contributed by atoms with Crippen molar-refractivity contribution in [3.05, 3.63) is 78.9 Å². The van der Waals surface area contributed by atoms with E-state index in [0.29, 0.717) is 30.9 Å². The van der Waals surface area contributed by atoms with Crippen LogP contribution in [0.5, 0.6) is 5.75 Å². The van der Waals surface area contributed by atoms with Crippen LogP contribution in [0.1, 0.15) is 44.7 Å². The predicted molar refractivity (Wildman–Crippen MR) is 198 cm³/mol. The van der Waals surface area contributed by atoms with Crippen LogP contribution in [0.4, 0.5) is 11.4 Å². The number of benzene rings is 2. The molecule has 1 N–H and O–H groups in total. The third-order valence-corrected chi connectivity index (χ3v) is 13.6. The number of hydrogen-bond donors (Lipinski definition) is 1. The number of aliphatic hydroxyl groups excluding tert-OH is 1. The van der Waals surface area contributed by atoms with E-state index in [1.54, 1.807) is 38.6 Å². The van der Waals surface area contributed by atoms with E-state index in [1.165, 1.54) is 0 Å². The lowest BCUT2D eigenvalue weighted by molar-refractivity contribution is -0.143. The average Bonchev–Trinajstić information content (AvgIpc) is 3.66. The Hall–Kier alpha value is -3.08. The molecule has 3 amide bonds. The lowest BCUT2D eigenvalue weighted by Crippen LogP contribution is -2.59. The second-order valence-electron chi connectivity index (χ2n) is 13.2. The van der Waals surface area contributed by atoms with E-state index in [-0.39, 0.29) is 53.4 Å². The number of nitrogens with zero attached hydrogens (tertiary/aromatic N) is 3. The van der Waals surface area contributed by atoms with Gasteiger partial charge in [0.15, 0.2) is 0 Å². The number of amides is 3. The Kier molecular flexibility index (Phi) is 11.2. The van der Waals surface area contributed by atoms with Gasteiger partial charge in [-0.25, -0.2) is 0 Å². The minimum absolute atomic E-state index is 0.0743. The number of anilines is 2. The van der Waals surface area contributed by atoms with Gasteiger partial charge in [-0.15, -0.1) is 24.9 Å². The smallest absolute Gasteiger partial charge is 0.251 e. The van der Waals surface area contributed by atoms with E-state index in [2.05, 4.69) is 29.1 Å². The fourth-order valence-corrected chi connectivity index (χ4v) is 11.7. The van der Waals surface area contributed by atoms with Gasteiger partial charge in [0.25, 0.3) is 5.91 Å². The van der Waals surface area contributed by atoms with E-state index < -0.39 is 28.7 Å². The molecule has 2 aromatic carbocycles. The van der Waals surface area contributed by atoms with Crippen LogP contribution >= 0.6 is 27.7 Å². The molecule has 3 fully saturated rings. The van der Waals surface area contributed by atoms with Gasteiger partial charge in [-0.2, -0.15) is 0 Å². The number of hydrogen-bond acceptors (Lipinski definition) is 6. The van der Waals surface area contributed by atoms with Crippen LogP contribution in [-0.4, -0.2) is 80.9 Å². The summed E-state index contributed by atoms with van der Waals surface area (Å²) < 4.78 is 4.76. The zero-order valence-corrected chi connectivity index (χ0v) is 31.0. The highest BCUT2D eigenvalue weighted by Crippen LogP contribution is 2.68. The van der Waals surface area contributed by atoms with Crippen molar-refractivity contribution in [2.24, 2.45) is 17.8 Å². The summed E-state index contributed by atoms with van der Waals surface area (Å²) >= 11 is 5.51. The molecule has 3 aliphatic heterocycles. The first-order chi connectivity index (χ1) is 23.0. The molecule has 5 rings (SSSR count). The van der Waals surface area contributed by atoms with E-state index in [0.717, 1.165) is 16.8 Å². The van der Waals surface area contributed by atoms with E-state index in [9.17, 15) is 9.90 Å². The molecule has 48 heavy (non-hydrogen) atoms. The third kappa shape index (κ3) is 6.02. The SMILES string of the molecule is C=CCN(C(=O)[C@H]1[C@@H]2SC3(CC2Br)C(C(=O)N(CC=C)c2c(C)cccc2C)N([C@@H](CO)[C@@H](C)CC)C(=O)[C@H]13)c1ccc(OCC)cc1. The van der Waals surface area contributed by atoms with Crippen LogP contribution in [-0.2, 0) is 14.4 Å². The first-order valence-corrected chi connectivity index (χ1v) is 18.7. The lowest BCUT2D eigenvalue weighted by Gasteiger charge is -2.41. The molecule has 8 nitrogen and oxygen atoms in total. The maximum Gasteiger partial charge on any atom is 0.251 e. The number of para-hydroxylation sites is 1. The number of rotatable bonds is 14. The second kappa shape index (κ2) is 14.8. The quantitative estimate of drug-likeness (QED) is 0.181. The molecule has 2 aromatic rings. The summed E-state index contributed by atoms with van der Waals surface area (Å²) in [5.74, 6) is -1.40. The van der Waals surface area contributed by atoms with Gasteiger partial charge in [-0.3, -0.25) is 14.4 Å². The molecule has 0 aliphatic carbocycles. The highest BCUT2D eigenvalue weighted by Gasteiger charge is 2.76. The number of halogens is 1. The lowest BCUT2D eigenvalue weighted by atomic mass is 9.70. The highest BCUT2D eigenvalue weighted by atomic mass is 79.9. The normalized spacial score (nSPS) is 26.9. The van der Waals surface area contributed by atoms with Crippen molar-refractivity contribution in [1.29, 1.82) is 0 Å². The molecule has 3 unspecified atom stereocenters. The van der Waals surface area contributed by atoms with Gasteiger partial charge in [0.05, 0.1) is 35.8 Å². The van der Waals surface area contributed by atoms with E-state index in [1.807, 2.05) is 77.1 Å². The van der Waals surface area contributed by atoms with Crippen LogP contribution in [0.25, 0.3) is 0 Å². The standard InChI is InChI=1S/C38H48BrN3O5S/c1-8-19-40(26-15-17-27(18-16-26)47-11-4)35(44)30-31-36(45)42(29(22-43)23(5)10-3)34(38(31)21-28(39)33(30)48-38)37(46)41(20-9-2)32-24(6)13-12-14-25(32)7/h8-9,12-18,23,28-31,33-34,43H,1-2,10-11,19-22H2,3-7H3/t23-,28?,29-,30+,31-,33+,34?,38?/m0/s1. The number of thioether (sulfide) groups is 1. The Bertz CT molecular complexity index is 1530. The fourth-order valence-electron chi connectivity index (χ4n) is 8.12. The van der Waals surface area contributed by atoms with Crippen molar-refractivity contribution in [2.75, 3.05) is 36.1 Å². The fraction of sp³-hybridized carbons (Fsp3) is 0.500. The number of alkyl halides is 1. The summed E-state index contributed by atoms with van der Waals surface area (Å²) in [6.07, 6.45) is 4.66. The van der Waals surface area contributed by atoms with Gasteiger partial charge in [-0.1, -0.05) is 66.5 Å². The van der Waals surface area contributed by atoms with Crippen molar-refractivity contribution in [3.63, 3.8) is 0 Å². The molecule has 8 atom stereocenters. The molecule has 10 heteroatoms. The second-order valence-corrected chi connectivity index (χ2v) is 15.9. The van der Waals surface area contributed by atoms with Crippen LogP contribution in [0.2, 0.25) is 0 Å². The maximum absolute atomic E-state index is 15.2. The first kappa shape index (κ1) is 36.2. The van der Waals surface area contributed by atoms with Crippen LogP contribution in [0.15, 0.2) is 67.8 Å².